The first-order valence-corrected chi connectivity index (χ1v) is 8.21. The minimum Gasteiger partial charge on any atom is -0.323 e. The predicted molar refractivity (Wildman–Crippen MR) is 84.8 cm³/mol. The van der Waals surface area contributed by atoms with Crippen molar-refractivity contribution in [3.05, 3.63) is 34.9 Å². The van der Waals surface area contributed by atoms with Crippen LogP contribution in [0.4, 0.5) is 0 Å². The number of rotatable bonds is 3. The Morgan fingerprint density at radius 1 is 1.10 bits per heavy atom. The molecule has 1 aromatic rings. The highest BCUT2D eigenvalue weighted by molar-refractivity contribution is 5.30. The first-order chi connectivity index (χ1) is 9.63. The average Bonchev–Trinajstić information content (AvgIpc) is 2.81. The minimum absolute atomic E-state index is 0.161. The van der Waals surface area contributed by atoms with Crippen LogP contribution in [0.1, 0.15) is 54.8 Å². The monoisotopic (exact) mass is 272 g/mol. The number of nitrogens with two attached hydrogens (primary N) is 1. The van der Waals surface area contributed by atoms with Crippen LogP contribution in [0.2, 0.25) is 0 Å². The van der Waals surface area contributed by atoms with E-state index < -0.39 is 0 Å². The lowest BCUT2D eigenvalue weighted by Crippen LogP contribution is -2.39. The highest BCUT2D eigenvalue weighted by Gasteiger charge is 2.36. The van der Waals surface area contributed by atoms with Crippen molar-refractivity contribution in [2.45, 2.75) is 58.0 Å². The number of hydrogen-bond acceptors (Lipinski definition) is 2. The summed E-state index contributed by atoms with van der Waals surface area (Å²) in [7, 11) is 0. The molecule has 2 fully saturated rings. The van der Waals surface area contributed by atoms with E-state index in [2.05, 4.69) is 36.9 Å². The normalized spacial score (nSPS) is 28.4. The van der Waals surface area contributed by atoms with Crippen molar-refractivity contribution in [1.29, 1.82) is 0 Å². The summed E-state index contributed by atoms with van der Waals surface area (Å²) in [5, 5.41) is 0. The van der Waals surface area contributed by atoms with Crippen molar-refractivity contribution in [2.75, 3.05) is 13.1 Å². The Kier molecular flexibility index (Phi) is 4.13. The van der Waals surface area contributed by atoms with Crippen LogP contribution in [0.3, 0.4) is 0 Å². The zero-order chi connectivity index (χ0) is 14.1. The third-order valence-electron chi connectivity index (χ3n) is 5.23. The van der Waals surface area contributed by atoms with Crippen LogP contribution in [0.25, 0.3) is 0 Å². The molecule has 3 rings (SSSR count). The van der Waals surface area contributed by atoms with Gasteiger partial charge in [0.25, 0.3) is 0 Å². The first kappa shape index (κ1) is 14.1. The molecule has 0 amide bonds. The quantitative estimate of drug-likeness (QED) is 0.911. The number of aryl methyl sites for hydroxylation is 2. The third-order valence-corrected chi connectivity index (χ3v) is 5.23. The van der Waals surface area contributed by atoms with Gasteiger partial charge in [-0.3, -0.25) is 4.90 Å². The van der Waals surface area contributed by atoms with Gasteiger partial charge in [0, 0.05) is 18.6 Å². The maximum Gasteiger partial charge on any atom is 0.0424 e. The van der Waals surface area contributed by atoms with Gasteiger partial charge in [0.2, 0.25) is 0 Å². The molecule has 2 heteroatoms. The molecule has 3 unspecified atom stereocenters. The molecule has 2 nitrogen and oxygen atoms in total. The molecule has 1 aliphatic heterocycles. The van der Waals surface area contributed by atoms with Gasteiger partial charge in [-0.05, 0) is 51.1 Å². The Hall–Kier alpha value is -0.860. The predicted octanol–water partition coefficient (Wildman–Crippen LogP) is 3.57. The van der Waals surface area contributed by atoms with Gasteiger partial charge in [-0.25, -0.2) is 0 Å². The number of likely N-dealkylation sites (tertiary alicyclic amines) is 1. The Labute approximate surface area is 123 Å². The van der Waals surface area contributed by atoms with E-state index in [1.165, 1.54) is 55.3 Å². The minimum atomic E-state index is 0.161. The van der Waals surface area contributed by atoms with E-state index in [9.17, 15) is 0 Å². The molecular formula is C18H28N2. The van der Waals surface area contributed by atoms with Gasteiger partial charge < -0.3 is 5.73 Å². The van der Waals surface area contributed by atoms with Gasteiger partial charge in [-0.2, -0.15) is 0 Å². The maximum absolute atomic E-state index is 6.49. The van der Waals surface area contributed by atoms with Crippen LogP contribution in [0.15, 0.2) is 18.2 Å². The molecule has 3 atom stereocenters. The van der Waals surface area contributed by atoms with Crippen LogP contribution in [0, 0.1) is 19.8 Å². The molecule has 20 heavy (non-hydrogen) atoms. The Morgan fingerprint density at radius 3 is 2.55 bits per heavy atom. The topological polar surface area (TPSA) is 29.3 Å². The van der Waals surface area contributed by atoms with Crippen molar-refractivity contribution in [3.63, 3.8) is 0 Å². The van der Waals surface area contributed by atoms with Crippen molar-refractivity contribution < 1.29 is 0 Å². The second kappa shape index (κ2) is 5.87. The van der Waals surface area contributed by atoms with E-state index in [0.717, 1.165) is 18.5 Å². The second-order valence-corrected chi connectivity index (χ2v) is 6.92. The molecule has 0 spiro atoms. The largest absolute Gasteiger partial charge is 0.323 e. The highest BCUT2D eigenvalue weighted by atomic mass is 15.2. The summed E-state index contributed by atoms with van der Waals surface area (Å²) >= 11 is 0. The van der Waals surface area contributed by atoms with Crippen LogP contribution >= 0.6 is 0 Å². The van der Waals surface area contributed by atoms with Crippen molar-refractivity contribution in [2.24, 2.45) is 11.7 Å². The lowest BCUT2D eigenvalue weighted by atomic mass is 9.85. The fourth-order valence-electron chi connectivity index (χ4n) is 4.31. The average molecular weight is 272 g/mol. The second-order valence-electron chi connectivity index (χ2n) is 6.92. The summed E-state index contributed by atoms with van der Waals surface area (Å²) < 4.78 is 0. The van der Waals surface area contributed by atoms with Gasteiger partial charge in [-0.15, -0.1) is 0 Å². The lowest BCUT2D eigenvalue weighted by Gasteiger charge is -2.33. The summed E-state index contributed by atoms with van der Waals surface area (Å²) in [6.07, 6.45) is 7.09. The van der Waals surface area contributed by atoms with Crippen LogP contribution < -0.4 is 5.73 Å². The molecule has 0 bridgehead atoms. The highest BCUT2D eigenvalue weighted by Crippen LogP contribution is 2.36. The van der Waals surface area contributed by atoms with E-state index in [-0.39, 0.29) is 6.04 Å². The Bertz CT molecular complexity index is 448. The van der Waals surface area contributed by atoms with E-state index >= 15 is 0 Å². The van der Waals surface area contributed by atoms with Gasteiger partial charge in [0.15, 0.2) is 0 Å². The lowest BCUT2D eigenvalue weighted by molar-refractivity contribution is 0.174. The van der Waals surface area contributed by atoms with Gasteiger partial charge in [0.05, 0.1) is 0 Å². The third kappa shape index (κ3) is 2.91. The maximum atomic E-state index is 6.49. The van der Waals surface area contributed by atoms with Crippen molar-refractivity contribution in [3.8, 4) is 0 Å². The number of hydrogen-bond donors (Lipinski definition) is 1. The first-order valence-electron chi connectivity index (χ1n) is 8.21. The summed E-state index contributed by atoms with van der Waals surface area (Å²) in [6.45, 7) is 6.62. The van der Waals surface area contributed by atoms with Crippen LogP contribution in [-0.4, -0.2) is 24.0 Å². The zero-order valence-electron chi connectivity index (χ0n) is 12.9. The zero-order valence-corrected chi connectivity index (χ0v) is 12.9. The van der Waals surface area contributed by atoms with Gasteiger partial charge in [-0.1, -0.05) is 42.2 Å². The van der Waals surface area contributed by atoms with E-state index in [4.69, 9.17) is 5.73 Å². The molecule has 110 valence electrons. The molecule has 2 N–H and O–H groups in total. The van der Waals surface area contributed by atoms with Gasteiger partial charge >= 0.3 is 0 Å². The number of fused-ring (bicyclic) bond motifs is 1. The smallest absolute Gasteiger partial charge is 0.0424 e. The summed E-state index contributed by atoms with van der Waals surface area (Å²) in [5.74, 6) is 0.954. The molecule has 0 radical (unpaired) electrons. The SMILES string of the molecule is Cc1cc(C)cc(C(N)CN2CCC3CCCCC32)c1. The van der Waals surface area contributed by atoms with Gasteiger partial charge in [0.1, 0.15) is 0 Å². The summed E-state index contributed by atoms with van der Waals surface area (Å²) in [6, 6.07) is 7.72. The summed E-state index contributed by atoms with van der Waals surface area (Å²) in [5.41, 5.74) is 10.5. The Morgan fingerprint density at radius 2 is 1.80 bits per heavy atom. The van der Waals surface area contributed by atoms with E-state index in [1.54, 1.807) is 0 Å². The molecule has 1 aliphatic carbocycles. The molecule has 1 saturated heterocycles. The molecule has 1 saturated carbocycles. The fraction of sp³-hybridized carbons (Fsp3) is 0.667. The standard InChI is InChI=1S/C18H28N2/c1-13-9-14(2)11-16(10-13)17(19)12-20-8-7-15-5-3-4-6-18(15)20/h9-11,15,17-18H,3-8,12,19H2,1-2H3. The van der Waals surface area contributed by atoms with Crippen LogP contribution in [0.5, 0.6) is 0 Å². The fourth-order valence-corrected chi connectivity index (χ4v) is 4.31. The molecule has 2 aliphatic rings. The molecule has 0 aromatic heterocycles. The Balaban J connectivity index is 1.68. The van der Waals surface area contributed by atoms with Crippen LogP contribution in [-0.2, 0) is 0 Å². The van der Waals surface area contributed by atoms with Crippen molar-refractivity contribution >= 4 is 0 Å². The van der Waals surface area contributed by atoms with E-state index in [0.29, 0.717) is 0 Å². The van der Waals surface area contributed by atoms with Crippen molar-refractivity contribution in [1.82, 2.24) is 4.90 Å². The molecular weight excluding hydrogens is 244 g/mol. The van der Waals surface area contributed by atoms with E-state index in [1.807, 2.05) is 0 Å². The number of benzene rings is 1. The summed E-state index contributed by atoms with van der Waals surface area (Å²) in [4.78, 5) is 2.67. The number of nitrogens with zero attached hydrogens (tertiary/aromatic N) is 1. The molecule has 1 heterocycles. The molecule has 1 aromatic carbocycles.